The van der Waals surface area contributed by atoms with Crippen LogP contribution in [0.1, 0.15) is 16.7 Å². The molecule has 3 rings (SSSR count). The van der Waals surface area contributed by atoms with Crippen LogP contribution in [0, 0.1) is 0 Å². The number of nitrogens with one attached hydrogen (secondary N) is 2. The maximum Gasteiger partial charge on any atom is 0.319 e. The predicted octanol–water partition coefficient (Wildman–Crippen LogP) is 4.28. The van der Waals surface area contributed by atoms with Crippen LogP contribution in [-0.4, -0.2) is 19.4 Å². The first-order valence-electron chi connectivity index (χ1n) is 8.87. The number of halogens is 1. The van der Waals surface area contributed by atoms with Crippen molar-refractivity contribution in [1.82, 2.24) is 10.3 Å². The number of hydrogen-bond donors (Lipinski definition) is 2. The Morgan fingerprint density at radius 2 is 1.59 bits per heavy atom. The van der Waals surface area contributed by atoms with Crippen molar-refractivity contribution in [2.24, 2.45) is 0 Å². The average Bonchev–Trinajstić information content (AvgIpc) is 2.68. The monoisotopic (exact) mass is 473 g/mol. The molecule has 0 atom stereocenters. The highest BCUT2D eigenvalue weighted by atomic mass is 79.9. The maximum absolute atomic E-state index is 12.5. The molecule has 8 heteroatoms. The first kappa shape index (κ1) is 21.0. The van der Waals surface area contributed by atoms with E-state index in [-0.39, 0.29) is 17.5 Å². The lowest BCUT2D eigenvalue weighted by Gasteiger charge is -2.09. The van der Waals surface area contributed by atoms with Gasteiger partial charge in [-0.05, 0) is 53.1 Å². The second kappa shape index (κ2) is 9.67. The smallest absolute Gasteiger partial charge is 0.319 e. The fourth-order valence-corrected chi connectivity index (χ4v) is 4.66. The number of carbonyl (C=O) groups excluding carboxylic acids is 1. The molecule has 2 amide bonds. The van der Waals surface area contributed by atoms with Gasteiger partial charge in [-0.15, -0.1) is 0 Å². The lowest BCUT2D eigenvalue weighted by molar-refractivity contribution is 0.251. The van der Waals surface area contributed by atoms with Crippen LogP contribution in [0.3, 0.4) is 0 Å². The summed E-state index contributed by atoms with van der Waals surface area (Å²) in [6, 6.07) is 17.4. The first-order valence-corrected chi connectivity index (χ1v) is 11.5. The predicted molar refractivity (Wildman–Crippen MR) is 117 cm³/mol. The van der Waals surface area contributed by atoms with Gasteiger partial charge in [-0.25, -0.2) is 13.2 Å². The van der Waals surface area contributed by atoms with Crippen LogP contribution in [0.15, 0.2) is 77.5 Å². The molecule has 0 bridgehead atoms. The van der Waals surface area contributed by atoms with Crippen molar-refractivity contribution < 1.29 is 13.2 Å². The van der Waals surface area contributed by atoms with Crippen LogP contribution in [0.2, 0.25) is 0 Å². The molecule has 0 unspecified atom stereocenters. The Labute approximate surface area is 178 Å². The molecule has 0 aliphatic rings. The minimum Gasteiger partial charge on any atom is -0.334 e. The van der Waals surface area contributed by atoms with E-state index in [1.54, 1.807) is 48.8 Å². The quantitative estimate of drug-likeness (QED) is 0.535. The van der Waals surface area contributed by atoms with Gasteiger partial charge >= 0.3 is 6.03 Å². The molecule has 6 nitrogen and oxygen atoms in total. The van der Waals surface area contributed by atoms with Crippen molar-refractivity contribution in [3.05, 3.63) is 94.2 Å². The van der Waals surface area contributed by atoms with E-state index in [0.29, 0.717) is 17.8 Å². The van der Waals surface area contributed by atoms with Crippen molar-refractivity contribution in [2.45, 2.75) is 18.1 Å². The summed E-state index contributed by atoms with van der Waals surface area (Å²) in [6.07, 6.45) is 3.33. The first-order chi connectivity index (χ1) is 13.9. The van der Waals surface area contributed by atoms with Crippen molar-refractivity contribution in [2.75, 3.05) is 5.32 Å². The van der Waals surface area contributed by atoms with Crippen molar-refractivity contribution >= 4 is 37.5 Å². The second-order valence-electron chi connectivity index (χ2n) is 6.52. The number of rotatable bonds is 7. The van der Waals surface area contributed by atoms with Crippen LogP contribution in [0.5, 0.6) is 0 Å². The largest absolute Gasteiger partial charge is 0.334 e. The van der Waals surface area contributed by atoms with Gasteiger partial charge in [0, 0.05) is 29.1 Å². The number of benzene rings is 2. The van der Waals surface area contributed by atoms with E-state index in [9.17, 15) is 13.2 Å². The highest BCUT2D eigenvalue weighted by Crippen LogP contribution is 2.18. The molecule has 3 aromatic rings. The number of sulfone groups is 1. The van der Waals surface area contributed by atoms with Crippen LogP contribution in [0.25, 0.3) is 0 Å². The Balaban J connectivity index is 1.53. The lowest BCUT2D eigenvalue weighted by atomic mass is 10.2. The zero-order valence-electron chi connectivity index (χ0n) is 15.5. The number of urea groups is 1. The average molecular weight is 474 g/mol. The van der Waals surface area contributed by atoms with Gasteiger partial charge in [0.25, 0.3) is 0 Å². The van der Waals surface area contributed by atoms with E-state index in [1.807, 2.05) is 24.3 Å². The molecule has 29 heavy (non-hydrogen) atoms. The fraction of sp³-hybridized carbons (Fsp3) is 0.143. The van der Waals surface area contributed by atoms with Crippen molar-refractivity contribution in [3.8, 4) is 0 Å². The van der Waals surface area contributed by atoms with Gasteiger partial charge in [0.15, 0.2) is 9.84 Å². The number of hydrogen-bond acceptors (Lipinski definition) is 4. The van der Waals surface area contributed by atoms with Crippen LogP contribution in [0.4, 0.5) is 10.5 Å². The number of aromatic nitrogens is 1. The zero-order chi connectivity index (χ0) is 20.7. The van der Waals surface area contributed by atoms with Crippen molar-refractivity contribution in [1.29, 1.82) is 0 Å². The summed E-state index contributed by atoms with van der Waals surface area (Å²) in [6.45, 7) is 0.389. The minimum absolute atomic E-state index is 0.0240. The molecule has 0 aliphatic carbocycles. The number of anilines is 1. The summed E-state index contributed by atoms with van der Waals surface area (Å²) >= 11 is 3.35. The van der Waals surface area contributed by atoms with E-state index in [4.69, 9.17) is 0 Å². The molecule has 0 radical (unpaired) electrons. The number of carbonyl (C=O) groups is 1. The van der Waals surface area contributed by atoms with Crippen LogP contribution in [-0.2, 0) is 27.9 Å². The summed E-state index contributed by atoms with van der Waals surface area (Å²) in [4.78, 5) is 15.9. The molecule has 1 aromatic heterocycles. The number of nitrogens with zero attached hydrogens (tertiary/aromatic N) is 1. The molecule has 1 heterocycles. The molecular weight excluding hydrogens is 454 g/mol. The third-order valence-electron chi connectivity index (χ3n) is 4.08. The minimum atomic E-state index is -3.31. The second-order valence-corrected chi connectivity index (χ2v) is 9.50. The Bertz CT molecular complexity index is 1070. The molecule has 0 saturated heterocycles. The normalized spacial score (nSPS) is 11.1. The summed E-state index contributed by atoms with van der Waals surface area (Å²) in [7, 11) is -3.31. The van der Waals surface area contributed by atoms with Crippen molar-refractivity contribution in [3.63, 3.8) is 0 Å². The highest BCUT2D eigenvalue weighted by molar-refractivity contribution is 9.10. The van der Waals surface area contributed by atoms with Gasteiger partial charge < -0.3 is 10.6 Å². The standard InChI is InChI=1S/C21H20BrN3O3S/c22-19-3-1-2-18(12-19)15-29(27,28)14-17-4-6-20(7-5-17)25-21(26)24-13-16-8-10-23-11-9-16/h1-12H,13-15H2,(H2,24,25,26). The van der Waals surface area contributed by atoms with Gasteiger partial charge in [0.1, 0.15) is 0 Å². The SMILES string of the molecule is O=C(NCc1ccncc1)Nc1ccc(CS(=O)(=O)Cc2cccc(Br)c2)cc1. The molecule has 0 saturated carbocycles. The van der Waals surface area contributed by atoms with E-state index >= 15 is 0 Å². The van der Waals surface area contributed by atoms with Gasteiger partial charge in [-0.2, -0.15) is 0 Å². The molecule has 0 spiro atoms. The Kier molecular flexibility index (Phi) is 7.00. The molecule has 150 valence electrons. The molecule has 0 aliphatic heterocycles. The number of amides is 2. The molecule has 2 aromatic carbocycles. The van der Waals surface area contributed by atoms with E-state index in [1.165, 1.54) is 0 Å². The van der Waals surface area contributed by atoms with Crippen LogP contribution < -0.4 is 10.6 Å². The van der Waals surface area contributed by atoms with E-state index < -0.39 is 9.84 Å². The van der Waals surface area contributed by atoms with Gasteiger partial charge in [-0.1, -0.05) is 40.2 Å². The molecular formula is C21H20BrN3O3S. The maximum atomic E-state index is 12.5. The summed E-state index contributed by atoms with van der Waals surface area (Å²) in [5.41, 5.74) is 2.94. The van der Waals surface area contributed by atoms with E-state index in [2.05, 4.69) is 31.5 Å². The van der Waals surface area contributed by atoms with Crippen LogP contribution >= 0.6 is 15.9 Å². The zero-order valence-corrected chi connectivity index (χ0v) is 17.9. The molecule has 0 fully saturated rings. The Morgan fingerprint density at radius 3 is 2.28 bits per heavy atom. The summed E-state index contributed by atoms with van der Waals surface area (Å²) < 4.78 is 25.8. The summed E-state index contributed by atoms with van der Waals surface area (Å²) in [5.74, 6) is -0.0854. The topological polar surface area (TPSA) is 88.2 Å². The third-order valence-corrected chi connectivity index (χ3v) is 6.12. The molecule has 2 N–H and O–H groups in total. The third kappa shape index (κ3) is 6.99. The van der Waals surface area contributed by atoms with E-state index in [0.717, 1.165) is 15.6 Å². The fourth-order valence-electron chi connectivity index (χ4n) is 2.73. The van der Waals surface area contributed by atoms with Gasteiger partial charge in [0.2, 0.25) is 0 Å². The van der Waals surface area contributed by atoms with Gasteiger partial charge in [0.05, 0.1) is 11.5 Å². The lowest BCUT2D eigenvalue weighted by Crippen LogP contribution is -2.28. The Morgan fingerprint density at radius 1 is 0.897 bits per heavy atom. The Hall–Kier alpha value is -2.71. The number of pyridine rings is 1. The van der Waals surface area contributed by atoms with Gasteiger partial charge in [-0.3, -0.25) is 4.98 Å². The summed E-state index contributed by atoms with van der Waals surface area (Å²) in [5, 5.41) is 5.48. The highest BCUT2D eigenvalue weighted by Gasteiger charge is 2.13.